The quantitative estimate of drug-likeness (QED) is 0.252. The third-order valence-electron chi connectivity index (χ3n) is 8.45. The average Bonchev–Trinajstić information content (AvgIpc) is 3.67. The van der Waals surface area contributed by atoms with Gasteiger partial charge in [0.1, 0.15) is 11.5 Å². The van der Waals surface area contributed by atoms with Gasteiger partial charge in [-0.05, 0) is 68.4 Å². The predicted molar refractivity (Wildman–Crippen MR) is 154 cm³/mol. The topological polar surface area (TPSA) is 114 Å². The van der Waals surface area contributed by atoms with Gasteiger partial charge in [-0.1, -0.05) is 41.3 Å². The summed E-state index contributed by atoms with van der Waals surface area (Å²) in [6.45, 7) is 2.24. The SMILES string of the molecule is C[C@@H]1CC2C[C@H](OCc3c(-c4c(Cl)cccc4Cl)noc3C3CC3)CC1N2C(=O)Nc1ccc(C(=O)O)cc1OC(F)(F)F. The van der Waals surface area contributed by atoms with E-state index in [1.54, 1.807) is 23.1 Å². The Bertz CT molecular complexity index is 1570. The van der Waals surface area contributed by atoms with E-state index >= 15 is 0 Å². The van der Waals surface area contributed by atoms with Crippen molar-refractivity contribution in [3.63, 3.8) is 0 Å². The molecule has 3 fully saturated rings. The number of carbonyl (C=O) groups excluding carboxylic acids is 1. The van der Waals surface area contributed by atoms with E-state index < -0.39 is 29.7 Å². The van der Waals surface area contributed by atoms with Gasteiger partial charge in [0.15, 0.2) is 5.75 Å². The molecule has 2 unspecified atom stereocenters. The van der Waals surface area contributed by atoms with Crippen molar-refractivity contribution in [1.82, 2.24) is 10.1 Å². The Morgan fingerprint density at radius 3 is 2.50 bits per heavy atom. The summed E-state index contributed by atoms with van der Waals surface area (Å²) >= 11 is 13.0. The van der Waals surface area contributed by atoms with Crippen LogP contribution in [0.1, 0.15) is 66.6 Å². The Morgan fingerprint density at radius 1 is 1.14 bits per heavy atom. The molecule has 2 N–H and O–H groups in total. The highest BCUT2D eigenvalue weighted by Crippen LogP contribution is 2.47. The zero-order valence-corrected chi connectivity index (χ0v) is 24.9. The maximum Gasteiger partial charge on any atom is 0.573 e. The maximum absolute atomic E-state index is 13.4. The number of piperidine rings is 1. The fraction of sp³-hybridized carbons (Fsp3) is 0.433. The number of carboxylic acid groups (broad SMARTS) is 1. The molecule has 14 heteroatoms. The van der Waals surface area contributed by atoms with Crippen molar-refractivity contribution in [2.75, 3.05) is 5.32 Å². The summed E-state index contributed by atoms with van der Waals surface area (Å²) in [7, 11) is 0. The molecule has 2 bridgehead atoms. The van der Waals surface area contributed by atoms with E-state index in [1.807, 2.05) is 6.92 Å². The molecule has 1 aromatic heterocycles. The summed E-state index contributed by atoms with van der Waals surface area (Å²) < 4.78 is 55.4. The fourth-order valence-corrected chi connectivity index (χ4v) is 6.90. The second-order valence-corrected chi connectivity index (χ2v) is 12.3. The van der Waals surface area contributed by atoms with Crippen LogP contribution in [0.2, 0.25) is 10.0 Å². The summed E-state index contributed by atoms with van der Waals surface area (Å²) in [4.78, 5) is 26.4. The molecule has 4 atom stereocenters. The third-order valence-corrected chi connectivity index (χ3v) is 9.08. The second kappa shape index (κ2) is 11.8. The minimum absolute atomic E-state index is 0.120. The third kappa shape index (κ3) is 6.20. The van der Waals surface area contributed by atoms with Crippen LogP contribution >= 0.6 is 23.2 Å². The number of urea groups is 1. The summed E-state index contributed by atoms with van der Waals surface area (Å²) in [5.74, 6) is -1.10. The summed E-state index contributed by atoms with van der Waals surface area (Å²) in [5.41, 5.74) is 1.22. The number of nitrogens with zero attached hydrogens (tertiary/aromatic N) is 2. The molecule has 0 spiro atoms. The second-order valence-electron chi connectivity index (χ2n) is 11.5. The van der Waals surface area contributed by atoms with Crippen molar-refractivity contribution in [3.8, 4) is 17.0 Å². The van der Waals surface area contributed by atoms with Gasteiger partial charge >= 0.3 is 18.4 Å². The first kappa shape index (κ1) is 30.5. The van der Waals surface area contributed by atoms with Gasteiger partial charge in [-0.25, -0.2) is 9.59 Å². The van der Waals surface area contributed by atoms with Gasteiger partial charge in [0.05, 0.1) is 34.0 Å². The van der Waals surface area contributed by atoms with Crippen molar-refractivity contribution in [1.29, 1.82) is 0 Å². The van der Waals surface area contributed by atoms with Crippen molar-refractivity contribution in [2.45, 2.75) is 76.1 Å². The Labute approximate surface area is 260 Å². The molecular formula is C30H28Cl2F3N3O6. The van der Waals surface area contributed by atoms with E-state index in [9.17, 15) is 27.9 Å². The zero-order valence-electron chi connectivity index (χ0n) is 23.4. The molecule has 44 heavy (non-hydrogen) atoms. The summed E-state index contributed by atoms with van der Waals surface area (Å²) in [6.07, 6.45) is -1.58. The highest BCUT2D eigenvalue weighted by molar-refractivity contribution is 6.39. The number of anilines is 1. The molecule has 9 nitrogen and oxygen atoms in total. The van der Waals surface area contributed by atoms with E-state index in [0.717, 1.165) is 42.4 Å². The van der Waals surface area contributed by atoms with Gasteiger partial charge in [-0.3, -0.25) is 0 Å². The molecule has 2 saturated heterocycles. The number of fused-ring (bicyclic) bond motifs is 2. The number of carboxylic acids is 1. The van der Waals surface area contributed by atoms with Gasteiger partial charge < -0.3 is 29.3 Å². The highest BCUT2D eigenvalue weighted by atomic mass is 35.5. The van der Waals surface area contributed by atoms with Gasteiger partial charge in [-0.15, -0.1) is 13.2 Å². The van der Waals surface area contributed by atoms with Crippen LogP contribution in [0.15, 0.2) is 40.9 Å². The summed E-state index contributed by atoms with van der Waals surface area (Å²) in [5, 5.41) is 16.9. The number of aromatic carboxylic acids is 1. The largest absolute Gasteiger partial charge is 0.573 e. The van der Waals surface area contributed by atoms with Crippen molar-refractivity contribution in [3.05, 3.63) is 63.3 Å². The van der Waals surface area contributed by atoms with E-state index in [1.165, 1.54) is 0 Å². The first-order valence-electron chi connectivity index (χ1n) is 14.2. The number of hydrogen-bond donors (Lipinski definition) is 2. The van der Waals surface area contributed by atoms with E-state index in [4.69, 9.17) is 32.5 Å². The molecule has 1 saturated carbocycles. The van der Waals surface area contributed by atoms with Crippen molar-refractivity contribution >= 4 is 40.9 Å². The van der Waals surface area contributed by atoms with E-state index in [-0.39, 0.29) is 42.3 Å². The van der Waals surface area contributed by atoms with Gasteiger partial charge in [-0.2, -0.15) is 0 Å². The van der Waals surface area contributed by atoms with Crippen LogP contribution < -0.4 is 10.1 Å². The Hall–Kier alpha value is -3.48. The number of alkyl halides is 3. The molecule has 1 aliphatic carbocycles. The lowest BCUT2D eigenvalue weighted by atomic mass is 9.97. The lowest BCUT2D eigenvalue weighted by molar-refractivity contribution is -0.274. The summed E-state index contributed by atoms with van der Waals surface area (Å²) in [6, 6.07) is 7.09. The van der Waals surface area contributed by atoms with Crippen LogP contribution in [0.4, 0.5) is 23.7 Å². The molecule has 6 rings (SSSR count). The molecule has 3 aromatic rings. The number of rotatable bonds is 8. The lowest BCUT2D eigenvalue weighted by Gasteiger charge is -2.39. The molecule has 2 aliphatic heterocycles. The van der Waals surface area contributed by atoms with Crippen LogP contribution in [0, 0.1) is 5.92 Å². The van der Waals surface area contributed by atoms with Crippen molar-refractivity contribution in [2.24, 2.45) is 5.92 Å². The molecule has 3 aliphatic rings. The number of hydrogen-bond acceptors (Lipinski definition) is 6. The Balaban J connectivity index is 1.17. The zero-order chi connectivity index (χ0) is 31.3. The number of benzene rings is 2. The monoisotopic (exact) mass is 653 g/mol. The van der Waals surface area contributed by atoms with Crippen LogP contribution in [-0.2, 0) is 11.3 Å². The van der Waals surface area contributed by atoms with Crippen molar-refractivity contribution < 1.29 is 41.9 Å². The number of ether oxygens (including phenoxy) is 2. The first-order chi connectivity index (χ1) is 20.9. The minimum atomic E-state index is -5.08. The van der Waals surface area contributed by atoms with Crippen LogP contribution in [0.5, 0.6) is 5.75 Å². The van der Waals surface area contributed by atoms with Gasteiger partial charge in [0, 0.05) is 29.1 Å². The maximum atomic E-state index is 13.4. The smallest absolute Gasteiger partial charge is 0.478 e. The van der Waals surface area contributed by atoms with Gasteiger partial charge in [0.25, 0.3) is 0 Å². The fourth-order valence-electron chi connectivity index (χ4n) is 6.32. The van der Waals surface area contributed by atoms with E-state index in [2.05, 4.69) is 15.2 Å². The number of aromatic nitrogens is 1. The molecule has 2 aromatic carbocycles. The van der Waals surface area contributed by atoms with Crippen LogP contribution in [0.3, 0.4) is 0 Å². The van der Waals surface area contributed by atoms with Gasteiger partial charge in [0.2, 0.25) is 0 Å². The minimum Gasteiger partial charge on any atom is -0.478 e. The Kier molecular flexibility index (Phi) is 8.18. The highest BCUT2D eigenvalue weighted by Gasteiger charge is 2.48. The number of nitrogens with one attached hydrogen (secondary N) is 1. The number of amides is 2. The predicted octanol–water partition coefficient (Wildman–Crippen LogP) is 8.11. The van der Waals surface area contributed by atoms with Crippen LogP contribution in [-0.4, -0.2) is 51.7 Å². The lowest BCUT2D eigenvalue weighted by Crippen LogP contribution is -2.51. The normalized spacial score (nSPS) is 23.1. The first-order valence-corrected chi connectivity index (χ1v) is 14.9. The molecular weight excluding hydrogens is 626 g/mol. The molecule has 2 amide bonds. The average molecular weight is 654 g/mol. The number of carbonyl (C=O) groups is 2. The van der Waals surface area contributed by atoms with E-state index in [0.29, 0.717) is 40.6 Å². The molecule has 234 valence electrons. The standard InChI is InChI=1S/C30H28Cl2F3N3O6/c1-14-9-17-11-18(42-13-19-26(37-44-27(19)15-5-6-15)25-20(31)3-2-4-21(25)32)12-23(14)38(17)29(41)36-22-8-7-16(28(39)40)10-24(22)43-30(33,34)35/h2-4,7-8,10,14-15,17-18,23H,5-6,9,11-13H2,1H3,(H,36,41)(H,39,40)/t14-,17?,18+,23?/m1/s1. The molecule has 3 heterocycles. The number of halogens is 5. The molecule has 0 radical (unpaired) electrons. The van der Waals surface area contributed by atoms with Crippen LogP contribution in [0.25, 0.3) is 11.3 Å². The Morgan fingerprint density at radius 2 is 1.86 bits per heavy atom.